The topological polar surface area (TPSA) is 9.23 Å². The van der Waals surface area contributed by atoms with Crippen LogP contribution in [0.3, 0.4) is 0 Å². The summed E-state index contributed by atoms with van der Waals surface area (Å²) in [6, 6.07) is 7.57. The number of alkyl halides is 6. The van der Waals surface area contributed by atoms with Gasteiger partial charge in [-0.2, -0.15) is 0 Å². The van der Waals surface area contributed by atoms with Gasteiger partial charge in [0.25, 0.3) is 0 Å². The van der Waals surface area contributed by atoms with Crippen LogP contribution in [0.5, 0.6) is 5.75 Å². The first-order chi connectivity index (χ1) is 11.4. The minimum atomic E-state index is -1.65. The first-order valence-electron chi connectivity index (χ1n) is 7.32. The van der Waals surface area contributed by atoms with Gasteiger partial charge in [-0.1, -0.05) is 81.7 Å². The van der Waals surface area contributed by atoms with Gasteiger partial charge in [0.05, 0.1) is 7.11 Å². The molecule has 1 nitrogen and oxygen atoms in total. The minimum Gasteiger partial charge on any atom is -0.497 e. The van der Waals surface area contributed by atoms with Gasteiger partial charge < -0.3 is 4.74 Å². The third-order valence-corrected chi connectivity index (χ3v) is 5.33. The highest BCUT2D eigenvalue weighted by Gasteiger charge is 2.36. The number of hydrogen-bond acceptors (Lipinski definition) is 1. The number of methoxy groups -OCH3 is 1. The van der Waals surface area contributed by atoms with Crippen LogP contribution in [0.1, 0.15) is 27.8 Å². The Balaban J connectivity index is 2.92. The highest BCUT2D eigenvalue weighted by Crippen LogP contribution is 2.51. The zero-order chi connectivity index (χ0) is 19.2. The lowest BCUT2D eigenvalue weighted by Gasteiger charge is -2.28. The van der Waals surface area contributed by atoms with Gasteiger partial charge in [0, 0.05) is 11.1 Å². The molecule has 0 aromatic heterocycles. The fraction of sp³-hybridized carbons (Fsp3) is 0.333. The van der Waals surface area contributed by atoms with E-state index in [1.807, 2.05) is 38.1 Å². The van der Waals surface area contributed by atoms with Crippen molar-refractivity contribution in [2.24, 2.45) is 0 Å². The third kappa shape index (κ3) is 4.29. The van der Waals surface area contributed by atoms with Gasteiger partial charge in [-0.25, -0.2) is 0 Å². The molecule has 0 N–H and O–H groups in total. The molecule has 2 aromatic carbocycles. The maximum Gasteiger partial charge on any atom is 0.216 e. The molecule has 136 valence electrons. The molecule has 0 unspecified atom stereocenters. The molecular formula is C18H16Cl6O. The molecular weight excluding hydrogens is 445 g/mol. The summed E-state index contributed by atoms with van der Waals surface area (Å²) < 4.78 is 1.92. The van der Waals surface area contributed by atoms with Crippen LogP contribution < -0.4 is 4.74 Å². The standard InChI is InChI=1S/C18H16Cl6O/c1-9-14(12-5-7-13(25-4)8-6-12)10(2)16(18(22,23)24)11(3)15(9)17(19,20)21/h5-8H,1-4H3. The van der Waals surface area contributed by atoms with Crippen molar-refractivity contribution in [3.63, 3.8) is 0 Å². The van der Waals surface area contributed by atoms with Gasteiger partial charge in [-0.3, -0.25) is 0 Å². The lowest BCUT2D eigenvalue weighted by molar-refractivity contribution is 0.415. The zero-order valence-corrected chi connectivity index (χ0v) is 18.5. The number of rotatable bonds is 2. The summed E-state index contributed by atoms with van der Waals surface area (Å²) in [7, 11) is 1.61. The van der Waals surface area contributed by atoms with E-state index in [0.717, 1.165) is 28.0 Å². The SMILES string of the molecule is COc1ccc(-c2c(C)c(C(Cl)(Cl)Cl)c(C)c(C(Cl)(Cl)Cl)c2C)cc1. The summed E-state index contributed by atoms with van der Waals surface area (Å²) in [4.78, 5) is 0. The van der Waals surface area contributed by atoms with E-state index in [2.05, 4.69) is 0 Å². The zero-order valence-electron chi connectivity index (χ0n) is 14.0. The molecule has 2 aromatic rings. The van der Waals surface area contributed by atoms with E-state index in [4.69, 9.17) is 74.3 Å². The van der Waals surface area contributed by atoms with Gasteiger partial charge in [0.1, 0.15) is 5.75 Å². The Morgan fingerprint density at radius 1 is 0.680 bits per heavy atom. The van der Waals surface area contributed by atoms with Crippen LogP contribution in [0.25, 0.3) is 11.1 Å². The monoisotopic (exact) mass is 458 g/mol. The first kappa shape index (κ1) is 21.3. The number of benzene rings is 2. The van der Waals surface area contributed by atoms with E-state index in [-0.39, 0.29) is 0 Å². The van der Waals surface area contributed by atoms with E-state index < -0.39 is 7.59 Å². The van der Waals surface area contributed by atoms with Crippen molar-refractivity contribution in [2.75, 3.05) is 7.11 Å². The van der Waals surface area contributed by atoms with Crippen molar-refractivity contribution < 1.29 is 4.74 Å². The van der Waals surface area contributed by atoms with Crippen molar-refractivity contribution >= 4 is 69.6 Å². The van der Waals surface area contributed by atoms with Crippen LogP contribution in [-0.2, 0) is 7.59 Å². The summed E-state index contributed by atoms with van der Waals surface area (Å²) in [6.45, 7) is 5.60. The molecule has 0 amide bonds. The van der Waals surface area contributed by atoms with Crippen LogP contribution >= 0.6 is 69.6 Å². The molecule has 0 radical (unpaired) electrons. The van der Waals surface area contributed by atoms with Crippen molar-refractivity contribution in [2.45, 2.75) is 28.4 Å². The summed E-state index contributed by atoms with van der Waals surface area (Å²) in [5.74, 6) is 0.745. The smallest absolute Gasteiger partial charge is 0.216 e. The molecule has 0 aliphatic rings. The van der Waals surface area contributed by atoms with Crippen LogP contribution in [0.4, 0.5) is 0 Å². The summed E-state index contributed by atoms with van der Waals surface area (Å²) in [5.41, 5.74) is 5.16. The van der Waals surface area contributed by atoms with Gasteiger partial charge in [0.15, 0.2) is 0 Å². The largest absolute Gasteiger partial charge is 0.497 e. The Kier molecular flexibility index (Phi) is 6.42. The minimum absolute atomic E-state index is 0.523. The highest BCUT2D eigenvalue weighted by atomic mass is 35.6. The maximum absolute atomic E-state index is 6.23. The van der Waals surface area contributed by atoms with Crippen molar-refractivity contribution in [3.8, 4) is 16.9 Å². The molecule has 0 saturated heterocycles. The first-order valence-corrected chi connectivity index (χ1v) is 9.59. The Hall–Kier alpha value is -0.0200. The second kappa shape index (κ2) is 7.54. The third-order valence-electron chi connectivity index (χ3n) is 4.20. The summed E-state index contributed by atoms with van der Waals surface area (Å²) in [6.07, 6.45) is 0. The molecule has 0 aliphatic heterocycles. The second-order valence-electron chi connectivity index (χ2n) is 5.72. The number of hydrogen-bond donors (Lipinski definition) is 0. The molecule has 0 bridgehead atoms. The molecule has 0 saturated carbocycles. The highest BCUT2D eigenvalue weighted by molar-refractivity contribution is 6.68. The molecule has 0 aliphatic carbocycles. The lowest BCUT2D eigenvalue weighted by Crippen LogP contribution is -2.16. The van der Waals surface area contributed by atoms with E-state index in [1.54, 1.807) is 14.0 Å². The predicted molar refractivity (Wildman–Crippen MR) is 111 cm³/mol. The van der Waals surface area contributed by atoms with Crippen LogP contribution in [-0.4, -0.2) is 7.11 Å². The predicted octanol–water partition coefficient (Wildman–Crippen LogP) is 7.94. The van der Waals surface area contributed by atoms with Gasteiger partial charge in [0.2, 0.25) is 7.59 Å². The summed E-state index contributed by atoms with van der Waals surface area (Å²) in [5, 5.41) is 0. The van der Waals surface area contributed by atoms with Gasteiger partial charge in [-0.05, 0) is 60.7 Å². The van der Waals surface area contributed by atoms with Gasteiger partial charge >= 0.3 is 0 Å². The van der Waals surface area contributed by atoms with Crippen molar-refractivity contribution in [3.05, 3.63) is 52.1 Å². The lowest BCUT2D eigenvalue weighted by atomic mass is 9.86. The molecule has 2 rings (SSSR count). The maximum atomic E-state index is 6.23. The van der Waals surface area contributed by atoms with E-state index in [0.29, 0.717) is 16.7 Å². The van der Waals surface area contributed by atoms with Crippen molar-refractivity contribution in [1.29, 1.82) is 0 Å². The Bertz CT molecular complexity index is 744. The Morgan fingerprint density at radius 3 is 1.40 bits per heavy atom. The van der Waals surface area contributed by atoms with E-state index in [9.17, 15) is 0 Å². The number of halogens is 6. The summed E-state index contributed by atoms with van der Waals surface area (Å²) >= 11 is 37.4. The average molecular weight is 461 g/mol. The second-order valence-corrected chi connectivity index (χ2v) is 10.3. The molecule has 25 heavy (non-hydrogen) atoms. The molecule has 0 fully saturated rings. The van der Waals surface area contributed by atoms with Crippen LogP contribution in [0, 0.1) is 20.8 Å². The average Bonchev–Trinajstić information content (AvgIpc) is 2.44. The van der Waals surface area contributed by atoms with E-state index >= 15 is 0 Å². The number of ether oxygens (including phenoxy) is 1. The van der Waals surface area contributed by atoms with Crippen LogP contribution in [0.2, 0.25) is 0 Å². The molecule has 0 spiro atoms. The normalized spacial score (nSPS) is 12.4. The fourth-order valence-corrected chi connectivity index (χ4v) is 4.96. The Labute approximate surface area is 178 Å². The van der Waals surface area contributed by atoms with E-state index in [1.165, 1.54) is 0 Å². The quantitative estimate of drug-likeness (QED) is 0.413. The fourth-order valence-electron chi connectivity index (χ4n) is 3.26. The molecule has 7 heteroatoms. The molecule has 0 atom stereocenters. The molecule has 0 heterocycles. The Morgan fingerprint density at radius 2 is 1.08 bits per heavy atom. The van der Waals surface area contributed by atoms with Gasteiger partial charge in [-0.15, -0.1) is 0 Å². The van der Waals surface area contributed by atoms with Crippen LogP contribution in [0.15, 0.2) is 24.3 Å². The van der Waals surface area contributed by atoms with Crippen molar-refractivity contribution in [1.82, 2.24) is 0 Å².